The smallest absolute Gasteiger partial charge is 0.271 e. The highest BCUT2D eigenvalue weighted by Crippen LogP contribution is 2.37. The summed E-state index contributed by atoms with van der Waals surface area (Å²) in [6.07, 6.45) is 2.35. The van der Waals surface area contributed by atoms with Crippen molar-refractivity contribution in [2.45, 2.75) is 12.5 Å². The number of carbonyl (C=O) groups is 1. The van der Waals surface area contributed by atoms with E-state index in [1.165, 1.54) is 0 Å². The molecule has 1 N–H and O–H groups in total. The standard InChI is InChI=1S/C31H27ClN4O3/c1-38-27-15-7-23(8-16-27)30-19-29(22-5-11-25(32)12-6-22)35-36(30)26-13-3-21(4-14-26)20-33-34-31(37)24-9-17-28(39-2)18-10-24/h3-18,20,30H,19H2,1-2H3,(H,34,37)/t30-/m0/s1. The molecule has 1 amide bonds. The van der Waals surface area contributed by atoms with Crippen molar-refractivity contribution in [2.24, 2.45) is 10.2 Å². The Morgan fingerprint density at radius 1 is 0.897 bits per heavy atom. The van der Waals surface area contributed by atoms with Crippen molar-refractivity contribution in [1.82, 2.24) is 5.43 Å². The van der Waals surface area contributed by atoms with Crippen molar-refractivity contribution < 1.29 is 14.3 Å². The Bertz CT molecular complexity index is 1480. The summed E-state index contributed by atoms with van der Waals surface area (Å²) in [5.74, 6) is 1.20. The number of benzene rings is 4. The molecule has 7 nitrogen and oxygen atoms in total. The van der Waals surface area contributed by atoms with E-state index in [1.807, 2.05) is 65.7 Å². The van der Waals surface area contributed by atoms with Gasteiger partial charge in [0.2, 0.25) is 0 Å². The number of methoxy groups -OCH3 is 2. The van der Waals surface area contributed by atoms with Crippen molar-refractivity contribution >= 4 is 35.1 Å². The summed E-state index contributed by atoms with van der Waals surface area (Å²) >= 11 is 6.11. The molecule has 4 aromatic carbocycles. The molecule has 39 heavy (non-hydrogen) atoms. The van der Waals surface area contributed by atoms with E-state index < -0.39 is 0 Å². The van der Waals surface area contributed by atoms with E-state index in [1.54, 1.807) is 44.7 Å². The molecule has 0 spiro atoms. The molecule has 0 saturated carbocycles. The third-order valence-corrected chi connectivity index (χ3v) is 6.73. The predicted molar refractivity (Wildman–Crippen MR) is 155 cm³/mol. The number of hydrogen-bond donors (Lipinski definition) is 1. The van der Waals surface area contributed by atoms with Crippen LogP contribution in [0.1, 0.15) is 39.5 Å². The van der Waals surface area contributed by atoms with Gasteiger partial charge >= 0.3 is 0 Å². The zero-order valence-electron chi connectivity index (χ0n) is 21.5. The molecule has 196 valence electrons. The van der Waals surface area contributed by atoms with Crippen LogP contribution in [0, 0.1) is 0 Å². The maximum Gasteiger partial charge on any atom is 0.271 e. The van der Waals surface area contributed by atoms with E-state index in [-0.39, 0.29) is 11.9 Å². The molecule has 0 fully saturated rings. The third kappa shape index (κ3) is 6.10. The second kappa shape index (κ2) is 11.8. The molecule has 4 aromatic rings. The van der Waals surface area contributed by atoms with Crippen LogP contribution in [0.4, 0.5) is 5.69 Å². The number of carbonyl (C=O) groups excluding carboxylic acids is 1. The molecule has 8 heteroatoms. The molecule has 0 unspecified atom stereocenters. The largest absolute Gasteiger partial charge is 0.497 e. The maximum absolute atomic E-state index is 12.3. The Hall–Kier alpha value is -4.62. The fourth-order valence-electron chi connectivity index (χ4n) is 4.34. The summed E-state index contributed by atoms with van der Waals surface area (Å²) in [6, 6.07) is 30.6. The van der Waals surface area contributed by atoms with Crippen molar-refractivity contribution in [3.8, 4) is 11.5 Å². The average Bonchev–Trinajstić information content (AvgIpc) is 3.43. The summed E-state index contributed by atoms with van der Waals surface area (Å²) < 4.78 is 10.5. The highest BCUT2D eigenvalue weighted by atomic mass is 35.5. The van der Waals surface area contributed by atoms with Gasteiger partial charge in [-0.1, -0.05) is 48.0 Å². The minimum absolute atomic E-state index is 0.0184. The monoisotopic (exact) mass is 538 g/mol. The summed E-state index contributed by atoms with van der Waals surface area (Å²) in [4.78, 5) is 12.3. The Labute approximate surface area is 232 Å². The van der Waals surface area contributed by atoms with Gasteiger partial charge < -0.3 is 9.47 Å². The van der Waals surface area contributed by atoms with Gasteiger partial charge in [-0.15, -0.1) is 0 Å². The van der Waals surface area contributed by atoms with E-state index in [0.717, 1.165) is 40.3 Å². The minimum atomic E-state index is -0.297. The Balaban J connectivity index is 1.33. The molecule has 1 atom stereocenters. The van der Waals surface area contributed by atoms with Gasteiger partial charge in [-0.25, -0.2) is 5.43 Å². The van der Waals surface area contributed by atoms with Gasteiger partial charge in [0.1, 0.15) is 11.5 Å². The topological polar surface area (TPSA) is 75.5 Å². The van der Waals surface area contributed by atoms with Crippen molar-refractivity contribution in [1.29, 1.82) is 0 Å². The lowest BCUT2D eigenvalue weighted by Gasteiger charge is -2.24. The molecule has 0 saturated heterocycles. The summed E-state index contributed by atoms with van der Waals surface area (Å²) in [6.45, 7) is 0. The minimum Gasteiger partial charge on any atom is -0.497 e. The first-order valence-electron chi connectivity index (χ1n) is 12.4. The van der Waals surface area contributed by atoms with Gasteiger partial charge in [0, 0.05) is 17.0 Å². The quantitative estimate of drug-likeness (QED) is 0.206. The van der Waals surface area contributed by atoms with Crippen LogP contribution < -0.4 is 19.9 Å². The van der Waals surface area contributed by atoms with Gasteiger partial charge in [0.25, 0.3) is 5.91 Å². The average molecular weight is 539 g/mol. The Kier molecular flexibility index (Phi) is 7.89. The molecule has 1 aliphatic rings. The summed E-state index contributed by atoms with van der Waals surface area (Å²) in [7, 11) is 3.24. The lowest BCUT2D eigenvalue weighted by molar-refractivity contribution is 0.0955. The van der Waals surface area contributed by atoms with Crippen LogP contribution in [0.25, 0.3) is 0 Å². The van der Waals surface area contributed by atoms with E-state index in [2.05, 4.69) is 22.7 Å². The first-order chi connectivity index (χ1) is 19.0. The molecule has 0 radical (unpaired) electrons. The van der Waals surface area contributed by atoms with Crippen molar-refractivity contribution in [2.75, 3.05) is 19.2 Å². The highest BCUT2D eigenvalue weighted by Gasteiger charge is 2.30. The number of rotatable bonds is 8. The highest BCUT2D eigenvalue weighted by molar-refractivity contribution is 6.30. The number of halogens is 1. The van der Waals surface area contributed by atoms with Crippen LogP contribution in [-0.2, 0) is 0 Å². The lowest BCUT2D eigenvalue weighted by atomic mass is 9.98. The lowest BCUT2D eigenvalue weighted by Crippen LogP contribution is -2.18. The van der Waals surface area contributed by atoms with E-state index in [0.29, 0.717) is 16.3 Å². The van der Waals surface area contributed by atoms with Crippen LogP contribution >= 0.6 is 11.6 Å². The molecule has 1 heterocycles. The normalized spacial score (nSPS) is 14.8. The first kappa shape index (κ1) is 26.0. The molecule has 5 rings (SSSR count). The van der Waals surface area contributed by atoms with Crippen molar-refractivity contribution in [3.05, 3.63) is 124 Å². The fourth-order valence-corrected chi connectivity index (χ4v) is 4.46. The number of ether oxygens (including phenoxy) is 2. The van der Waals surface area contributed by atoms with Gasteiger partial charge in [-0.3, -0.25) is 9.80 Å². The van der Waals surface area contributed by atoms with Gasteiger partial charge in [0.15, 0.2) is 0 Å². The first-order valence-corrected chi connectivity index (χ1v) is 12.8. The number of hydrogen-bond acceptors (Lipinski definition) is 6. The van der Waals surface area contributed by atoms with Crippen molar-refractivity contribution in [3.63, 3.8) is 0 Å². The van der Waals surface area contributed by atoms with Gasteiger partial charge in [0.05, 0.1) is 37.9 Å². The van der Waals surface area contributed by atoms with E-state index in [4.69, 9.17) is 26.2 Å². The van der Waals surface area contributed by atoms with E-state index >= 15 is 0 Å². The molecule has 0 bridgehead atoms. The molecule has 0 aliphatic carbocycles. The predicted octanol–water partition coefficient (Wildman–Crippen LogP) is 6.48. The molecule has 0 aromatic heterocycles. The van der Waals surface area contributed by atoms with E-state index in [9.17, 15) is 4.79 Å². The third-order valence-electron chi connectivity index (χ3n) is 6.48. The number of anilines is 1. The fraction of sp³-hybridized carbons (Fsp3) is 0.129. The van der Waals surface area contributed by atoms with Gasteiger partial charge in [-0.2, -0.15) is 10.2 Å². The summed E-state index contributed by atoms with van der Waals surface area (Å²) in [5, 5.41) is 11.8. The SMILES string of the molecule is COc1ccc(C(=O)NN=Cc2ccc(N3N=C(c4ccc(Cl)cc4)C[C@H]3c3ccc(OC)cc3)cc2)cc1. The number of nitrogens with zero attached hydrogens (tertiary/aromatic N) is 3. The number of amides is 1. The van der Waals surface area contributed by atoms with Crippen LogP contribution in [0.15, 0.2) is 107 Å². The summed E-state index contributed by atoms with van der Waals surface area (Å²) in [5.41, 5.74) is 8.00. The van der Waals surface area contributed by atoms with Crippen LogP contribution in [0.5, 0.6) is 11.5 Å². The number of nitrogens with one attached hydrogen (secondary N) is 1. The van der Waals surface area contributed by atoms with Crippen LogP contribution in [0.2, 0.25) is 5.02 Å². The van der Waals surface area contributed by atoms with Crippen LogP contribution in [0.3, 0.4) is 0 Å². The maximum atomic E-state index is 12.3. The molecular weight excluding hydrogens is 512 g/mol. The zero-order chi connectivity index (χ0) is 27.2. The molecular formula is C31H27ClN4O3. The molecule has 1 aliphatic heterocycles. The zero-order valence-corrected chi connectivity index (χ0v) is 22.3. The second-order valence-electron chi connectivity index (χ2n) is 8.91. The number of hydrazone groups is 2. The Morgan fingerprint density at radius 2 is 1.51 bits per heavy atom. The van der Waals surface area contributed by atoms with Gasteiger partial charge in [-0.05, 0) is 77.4 Å². The van der Waals surface area contributed by atoms with Crippen LogP contribution in [-0.4, -0.2) is 32.1 Å². The Morgan fingerprint density at radius 3 is 2.13 bits per heavy atom. The second-order valence-corrected chi connectivity index (χ2v) is 9.35.